The maximum Gasteiger partial charge on any atom is 0.241 e. The Morgan fingerprint density at radius 3 is 2.43 bits per heavy atom. The van der Waals surface area contributed by atoms with Gasteiger partial charge in [-0.1, -0.05) is 6.07 Å². The van der Waals surface area contributed by atoms with Crippen LogP contribution in [0.4, 0.5) is 10.1 Å². The zero-order valence-electron chi connectivity index (χ0n) is 11.9. The van der Waals surface area contributed by atoms with Gasteiger partial charge in [-0.2, -0.15) is 10.5 Å². The Bertz CT molecular complexity index is 556. The van der Waals surface area contributed by atoms with E-state index in [0.29, 0.717) is 24.3 Å². The summed E-state index contributed by atoms with van der Waals surface area (Å²) in [4.78, 5) is 13.5. The smallest absolute Gasteiger partial charge is 0.241 e. The molecule has 0 bridgehead atoms. The van der Waals surface area contributed by atoms with Gasteiger partial charge in [-0.3, -0.25) is 4.79 Å². The number of rotatable bonds is 7. The van der Waals surface area contributed by atoms with Gasteiger partial charge in [-0.15, -0.1) is 0 Å². The fourth-order valence-corrected chi connectivity index (χ4v) is 1.72. The third-order valence-corrected chi connectivity index (χ3v) is 2.96. The number of nitrogens with one attached hydrogen (secondary N) is 1. The molecule has 0 spiro atoms. The highest BCUT2D eigenvalue weighted by Crippen LogP contribution is 2.13. The number of aryl methyl sites for hydroxylation is 1. The minimum atomic E-state index is -0.335. The number of nitriles is 2. The molecule has 1 N–H and O–H groups in total. The molecule has 0 aromatic heterocycles. The van der Waals surface area contributed by atoms with Crippen molar-refractivity contribution in [1.29, 1.82) is 10.5 Å². The van der Waals surface area contributed by atoms with Crippen LogP contribution in [0.2, 0.25) is 0 Å². The molecule has 0 heterocycles. The summed E-state index contributed by atoms with van der Waals surface area (Å²) in [5.74, 6) is -0.556. The predicted molar refractivity (Wildman–Crippen MR) is 76.7 cm³/mol. The molecule has 1 aromatic rings. The Balaban J connectivity index is 2.57. The first kappa shape index (κ1) is 16.5. The predicted octanol–water partition coefficient (Wildman–Crippen LogP) is 2.20. The van der Waals surface area contributed by atoms with Crippen LogP contribution >= 0.6 is 0 Å². The summed E-state index contributed by atoms with van der Waals surface area (Å²) >= 11 is 0. The Morgan fingerprint density at radius 2 is 1.90 bits per heavy atom. The van der Waals surface area contributed by atoms with E-state index in [9.17, 15) is 9.18 Å². The standard InChI is InChI=1S/C15H17FN4O/c1-12-4-5-13(10-14(12)16)19-11-15(21)20(8-2-6-17)9-3-7-18/h4-5,10,19H,2-3,8-9,11H2,1H3. The summed E-state index contributed by atoms with van der Waals surface area (Å²) in [6.45, 7) is 2.25. The number of benzene rings is 1. The molecule has 0 unspecified atom stereocenters. The lowest BCUT2D eigenvalue weighted by molar-refractivity contribution is -0.129. The van der Waals surface area contributed by atoms with Crippen LogP contribution in [0.1, 0.15) is 18.4 Å². The highest BCUT2D eigenvalue weighted by molar-refractivity contribution is 5.80. The van der Waals surface area contributed by atoms with Crippen molar-refractivity contribution in [2.24, 2.45) is 0 Å². The molecule has 5 nitrogen and oxygen atoms in total. The van der Waals surface area contributed by atoms with E-state index in [0.717, 1.165) is 0 Å². The van der Waals surface area contributed by atoms with Gasteiger partial charge in [0.15, 0.2) is 0 Å². The monoisotopic (exact) mass is 288 g/mol. The summed E-state index contributed by atoms with van der Waals surface area (Å²) in [6, 6.07) is 8.60. The van der Waals surface area contributed by atoms with E-state index in [1.807, 2.05) is 12.1 Å². The third kappa shape index (κ3) is 5.50. The van der Waals surface area contributed by atoms with Gasteiger partial charge in [0.2, 0.25) is 5.91 Å². The molecule has 0 radical (unpaired) electrons. The number of halogens is 1. The fourth-order valence-electron chi connectivity index (χ4n) is 1.72. The van der Waals surface area contributed by atoms with E-state index in [4.69, 9.17) is 10.5 Å². The van der Waals surface area contributed by atoms with Crippen molar-refractivity contribution in [3.8, 4) is 12.1 Å². The molecule has 0 saturated carbocycles. The number of anilines is 1. The van der Waals surface area contributed by atoms with Crippen LogP contribution in [0.5, 0.6) is 0 Å². The van der Waals surface area contributed by atoms with Crippen LogP contribution in [-0.2, 0) is 4.79 Å². The number of amides is 1. The Morgan fingerprint density at radius 1 is 1.29 bits per heavy atom. The molecule has 6 heteroatoms. The van der Waals surface area contributed by atoms with Gasteiger partial charge in [-0.25, -0.2) is 4.39 Å². The summed E-state index contributed by atoms with van der Waals surface area (Å²) in [5.41, 5.74) is 1.06. The molecule has 0 saturated heterocycles. The van der Waals surface area contributed by atoms with Gasteiger partial charge in [0.1, 0.15) is 5.82 Å². The molecule has 1 aromatic carbocycles. The maximum atomic E-state index is 13.4. The van der Waals surface area contributed by atoms with Gasteiger partial charge in [0, 0.05) is 18.8 Å². The lowest BCUT2D eigenvalue weighted by Crippen LogP contribution is -2.36. The number of hydrogen-bond acceptors (Lipinski definition) is 4. The summed E-state index contributed by atoms with van der Waals surface area (Å²) < 4.78 is 13.4. The van der Waals surface area contributed by atoms with E-state index in [-0.39, 0.29) is 31.1 Å². The lowest BCUT2D eigenvalue weighted by atomic mass is 10.2. The second kappa shape index (κ2) is 8.55. The minimum Gasteiger partial charge on any atom is -0.376 e. The van der Waals surface area contributed by atoms with Crippen molar-refractivity contribution in [2.45, 2.75) is 19.8 Å². The topological polar surface area (TPSA) is 79.9 Å². The summed E-state index contributed by atoms with van der Waals surface area (Å²) in [6.07, 6.45) is 0.437. The normalized spacial score (nSPS) is 9.52. The van der Waals surface area contributed by atoms with Crippen LogP contribution in [-0.4, -0.2) is 30.4 Å². The van der Waals surface area contributed by atoms with Crippen molar-refractivity contribution in [1.82, 2.24) is 4.90 Å². The van der Waals surface area contributed by atoms with E-state index in [1.165, 1.54) is 11.0 Å². The molecular formula is C15H17FN4O. The molecule has 1 amide bonds. The van der Waals surface area contributed by atoms with E-state index >= 15 is 0 Å². The second-order valence-electron chi connectivity index (χ2n) is 4.51. The number of carbonyl (C=O) groups is 1. The molecule has 0 aliphatic rings. The van der Waals surface area contributed by atoms with Crippen LogP contribution < -0.4 is 5.32 Å². The third-order valence-electron chi connectivity index (χ3n) is 2.96. The highest BCUT2D eigenvalue weighted by atomic mass is 19.1. The van der Waals surface area contributed by atoms with Gasteiger partial charge >= 0.3 is 0 Å². The first-order valence-corrected chi connectivity index (χ1v) is 6.60. The maximum absolute atomic E-state index is 13.4. The van der Waals surface area contributed by atoms with Crippen LogP contribution in [0.3, 0.4) is 0 Å². The van der Waals surface area contributed by atoms with Gasteiger partial charge in [-0.05, 0) is 24.6 Å². The second-order valence-corrected chi connectivity index (χ2v) is 4.51. The Labute approximate surface area is 123 Å². The summed E-state index contributed by atoms with van der Waals surface area (Å²) in [7, 11) is 0. The number of hydrogen-bond donors (Lipinski definition) is 1. The minimum absolute atomic E-state index is 0.000637. The number of nitrogens with zero attached hydrogens (tertiary/aromatic N) is 3. The largest absolute Gasteiger partial charge is 0.376 e. The quantitative estimate of drug-likeness (QED) is 0.834. The van der Waals surface area contributed by atoms with Crippen molar-refractivity contribution >= 4 is 11.6 Å². The molecule has 110 valence electrons. The number of carbonyl (C=O) groups excluding carboxylic acids is 1. The van der Waals surface area contributed by atoms with E-state index in [2.05, 4.69) is 5.32 Å². The zero-order chi connectivity index (χ0) is 15.7. The van der Waals surface area contributed by atoms with Crippen molar-refractivity contribution < 1.29 is 9.18 Å². The van der Waals surface area contributed by atoms with Crippen molar-refractivity contribution in [3.05, 3.63) is 29.6 Å². The molecular weight excluding hydrogens is 271 g/mol. The van der Waals surface area contributed by atoms with Gasteiger partial charge in [0.05, 0.1) is 31.5 Å². The molecule has 1 rings (SSSR count). The van der Waals surface area contributed by atoms with Crippen LogP contribution in [0.25, 0.3) is 0 Å². The zero-order valence-corrected chi connectivity index (χ0v) is 11.9. The Kier molecular flexibility index (Phi) is 6.70. The average Bonchev–Trinajstić information content (AvgIpc) is 2.48. The first-order chi connectivity index (χ1) is 10.1. The van der Waals surface area contributed by atoms with E-state index in [1.54, 1.807) is 19.1 Å². The first-order valence-electron chi connectivity index (χ1n) is 6.60. The molecule has 0 aliphatic carbocycles. The van der Waals surface area contributed by atoms with Crippen LogP contribution in [0.15, 0.2) is 18.2 Å². The lowest BCUT2D eigenvalue weighted by Gasteiger charge is -2.20. The average molecular weight is 288 g/mol. The van der Waals surface area contributed by atoms with Gasteiger partial charge < -0.3 is 10.2 Å². The van der Waals surface area contributed by atoms with Crippen LogP contribution in [0, 0.1) is 35.4 Å². The highest BCUT2D eigenvalue weighted by Gasteiger charge is 2.12. The molecule has 0 aliphatic heterocycles. The van der Waals surface area contributed by atoms with E-state index < -0.39 is 0 Å². The fraction of sp³-hybridized carbons (Fsp3) is 0.400. The van der Waals surface area contributed by atoms with Crippen molar-refractivity contribution in [2.75, 3.05) is 25.0 Å². The molecule has 0 fully saturated rings. The SMILES string of the molecule is Cc1ccc(NCC(=O)N(CCC#N)CCC#N)cc1F. The van der Waals surface area contributed by atoms with Gasteiger partial charge in [0.25, 0.3) is 0 Å². The molecule has 0 atom stereocenters. The summed E-state index contributed by atoms with van der Waals surface area (Å²) in [5, 5.41) is 20.0. The Hall–Kier alpha value is -2.60. The van der Waals surface area contributed by atoms with Crippen molar-refractivity contribution in [3.63, 3.8) is 0 Å². The molecule has 21 heavy (non-hydrogen) atoms.